The Morgan fingerprint density at radius 2 is 0.435 bits per heavy atom. The molecule has 0 unspecified atom stereocenters. The highest BCUT2D eigenvalue weighted by molar-refractivity contribution is 7.18. The highest BCUT2D eigenvalue weighted by atomic mass is 32.1. The molecule has 0 N–H and O–H groups in total. The van der Waals surface area contributed by atoms with E-state index < -0.39 is 0 Å². The lowest BCUT2D eigenvalue weighted by molar-refractivity contribution is 1.99. The van der Waals surface area contributed by atoms with Crippen LogP contribution in [-0.4, -0.2) is 0 Å². The molecule has 0 aliphatic carbocycles. The van der Waals surface area contributed by atoms with Crippen LogP contribution in [0.3, 0.4) is 0 Å². The van der Waals surface area contributed by atoms with Gasteiger partial charge in [-0.05, 0) is 129 Å². The van der Waals surface area contributed by atoms with Crippen molar-refractivity contribution in [1.29, 1.82) is 0 Å². The minimum Gasteiger partial charge on any atom is -0.134 e. The molecule has 0 saturated heterocycles. The molecule has 0 saturated carbocycles. The second-order valence-corrected chi connectivity index (χ2v) is 14.5. The van der Waals surface area contributed by atoms with E-state index in [-0.39, 0.29) is 0 Å². The third-order valence-electron chi connectivity index (χ3n) is 6.11. The Balaban J connectivity index is 0.000000147. The average molecular weight is 685 g/mol. The van der Waals surface area contributed by atoms with E-state index >= 15 is 0 Å². The van der Waals surface area contributed by atoms with E-state index in [9.17, 15) is 0 Å². The van der Waals surface area contributed by atoms with Gasteiger partial charge in [0.25, 0.3) is 0 Å². The molecular formula is C40H12S6. The van der Waals surface area contributed by atoms with Gasteiger partial charge in [-0.25, -0.2) is 0 Å². The predicted octanol–water partition coefficient (Wildman–Crippen LogP) is 12.0. The van der Waals surface area contributed by atoms with Gasteiger partial charge in [0.1, 0.15) is 0 Å². The number of rotatable bonds is 0. The molecule has 0 aliphatic heterocycles. The van der Waals surface area contributed by atoms with Crippen LogP contribution in [0.5, 0.6) is 0 Å². The van der Waals surface area contributed by atoms with Crippen LogP contribution < -0.4 is 0 Å². The minimum atomic E-state index is 0.947. The van der Waals surface area contributed by atoms with Crippen molar-refractivity contribution in [3.05, 3.63) is 166 Å². The third kappa shape index (κ3) is 6.98. The van der Waals surface area contributed by atoms with Crippen molar-refractivity contribution in [3.8, 4) is 0 Å². The molecule has 0 nitrogen and oxygen atoms in total. The maximum Gasteiger partial charge on any atom is 0.0935 e. The van der Waals surface area contributed by atoms with Gasteiger partial charge >= 0.3 is 0 Å². The van der Waals surface area contributed by atoms with Crippen molar-refractivity contribution in [3.63, 3.8) is 0 Å². The average Bonchev–Trinajstić information content (AvgIpc) is 3.91. The first-order valence-electron chi connectivity index (χ1n) is 13.4. The highest BCUT2D eigenvalue weighted by Gasteiger charge is 1.92. The lowest BCUT2D eigenvalue weighted by Crippen LogP contribution is -1.51. The summed E-state index contributed by atoms with van der Waals surface area (Å²) in [5, 5.41) is 17.8. The summed E-state index contributed by atoms with van der Waals surface area (Å²) >= 11 is 9.58. The van der Waals surface area contributed by atoms with Gasteiger partial charge in [-0.1, -0.05) is 36.4 Å². The molecule has 46 heavy (non-hydrogen) atoms. The number of fused-ring (bicyclic) bond motifs is 6. The normalized spacial score (nSPS) is 9.22. The van der Waals surface area contributed by atoms with Crippen molar-refractivity contribution in [2.24, 2.45) is 0 Å². The van der Waals surface area contributed by atoms with Gasteiger partial charge < -0.3 is 0 Å². The molecule has 8 aromatic rings. The molecule has 8 rings (SSSR count). The van der Waals surface area contributed by atoms with E-state index in [1.807, 2.05) is 68.7 Å². The fourth-order valence-electron chi connectivity index (χ4n) is 3.90. The molecule has 0 bridgehead atoms. The lowest BCUT2D eigenvalue weighted by Gasteiger charge is -1.73. The van der Waals surface area contributed by atoms with Gasteiger partial charge in [-0.2, -0.15) is 0 Å². The number of hydrogen-bond acceptors (Lipinski definition) is 6. The van der Waals surface area contributed by atoms with Crippen molar-refractivity contribution in [2.45, 2.75) is 0 Å². The second-order valence-electron chi connectivity index (χ2n) is 8.98. The monoisotopic (exact) mass is 684 g/mol. The van der Waals surface area contributed by atoms with Crippen LogP contribution in [0.1, 0.15) is 0 Å². The van der Waals surface area contributed by atoms with Crippen LogP contribution in [0.25, 0.3) is 60.5 Å². The van der Waals surface area contributed by atoms with Crippen LogP contribution in [0.15, 0.2) is 68.7 Å². The van der Waals surface area contributed by atoms with E-state index in [1.54, 1.807) is 68.0 Å². The lowest BCUT2D eigenvalue weighted by atomic mass is 10.3. The Morgan fingerprint density at radius 3 is 0.674 bits per heavy atom. The summed E-state index contributed by atoms with van der Waals surface area (Å²) < 4.78 is 5.81. The van der Waals surface area contributed by atoms with Gasteiger partial charge in [-0.3, -0.25) is 0 Å². The third-order valence-corrected chi connectivity index (χ3v) is 11.1. The van der Waals surface area contributed by atoms with Crippen LogP contribution in [0.2, 0.25) is 0 Å². The molecule has 6 heteroatoms. The van der Waals surface area contributed by atoms with Gasteiger partial charge in [0.05, 0.1) is 60.5 Å². The first-order chi connectivity index (χ1) is 22.8. The second kappa shape index (κ2) is 14.2. The molecule has 208 valence electrons. The van der Waals surface area contributed by atoms with Crippen molar-refractivity contribution in [2.75, 3.05) is 0 Å². The fourth-order valence-corrected chi connectivity index (χ4v) is 8.07. The van der Waals surface area contributed by atoms with E-state index in [0.29, 0.717) is 0 Å². The zero-order valence-corrected chi connectivity index (χ0v) is 28.3. The Hall–Kier alpha value is -5.32. The Bertz CT molecular complexity index is 2160. The SMILES string of the molecule is c1c#cc2sccc2c#cc2sccc2c#cc2ccsc2c#1.c1c#cc2sccc2c#cc2sccc2c#cc2ccsc2c#1. The van der Waals surface area contributed by atoms with E-state index in [2.05, 4.69) is 97.1 Å². The molecule has 6 aromatic heterocycles. The zero-order valence-electron chi connectivity index (χ0n) is 23.4. The summed E-state index contributed by atoms with van der Waals surface area (Å²) in [7, 11) is 0. The topological polar surface area (TPSA) is 0 Å². The smallest absolute Gasteiger partial charge is 0.0935 e. The first kappa shape index (κ1) is 29.4. The van der Waals surface area contributed by atoms with Crippen LogP contribution >= 0.6 is 68.0 Å². The van der Waals surface area contributed by atoms with E-state index in [4.69, 9.17) is 0 Å². The summed E-state index contributed by atoms with van der Waals surface area (Å²) in [5.74, 6) is 0. The summed E-state index contributed by atoms with van der Waals surface area (Å²) in [6.45, 7) is 0. The first-order valence-corrected chi connectivity index (χ1v) is 18.6. The predicted molar refractivity (Wildman–Crippen MR) is 197 cm³/mol. The fraction of sp³-hybridized carbons (Fsp3) is 0. The molecule has 0 amide bonds. The van der Waals surface area contributed by atoms with Gasteiger partial charge in [0.2, 0.25) is 0 Å². The maximum atomic E-state index is 3.23. The quantitative estimate of drug-likeness (QED) is 0.149. The standard InChI is InChI=1S/2C20H6S3/c2*1-2-4-19-17(11-13-22-19)7-8-20-16(10-14-23-20)6-5-15-9-12-21-18(15)3-1/h2*9-14H. The van der Waals surface area contributed by atoms with Crippen LogP contribution in [0.4, 0.5) is 0 Å². The van der Waals surface area contributed by atoms with Gasteiger partial charge in [0.15, 0.2) is 0 Å². The van der Waals surface area contributed by atoms with Crippen molar-refractivity contribution in [1.82, 2.24) is 0 Å². The van der Waals surface area contributed by atoms with Gasteiger partial charge in [0, 0.05) is 0 Å². The summed E-state index contributed by atoms with van der Waals surface area (Å²) in [4.78, 5) is 0. The number of thiophene rings is 6. The Morgan fingerprint density at radius 1 is 0.239 bits per heavy atom. The van der Waals surface area contributed by atoms with E-state index in [0.717, 1.165) is 60.5 Å². The maximum absolute atomic E-state index is 3.23. The molecule has 6 heterocycles. The molecule has 0 radical (unpaired) electrons. The minimum absolute atomic E-state index is 0.947. The summed E-state index contributed by atoms with van der Waals surface area (Å²) in [6, 6.07) is 61.8. The molecule has 0 aliphatic rings. The molecule has 2 aromatic carbocycles. The van der Waals surface area contributed by atoms with E-state index in [1.165, 1.54) is 0 Å². The molecule has 0 atom stereocenters. The van der Waals surface area contributed by atoms with Gasteiger partial charge in [-0.15, -0.1) is 68.0 Å². The molecular weight excluding hydrogens is 673 g/mol. The molecule has 0 fully saturated rings. The summed E-state index contributed by atoms with van der Waals surface area (Å²) in [6.07, 6.45) is 0. The molecule has 0 spiro atoms. The highest BCUT2D eigenvalue weighted by Crippen LogP contribution is 2.20. The summed E-state index contributed by atoms with van der Waals surface area (Å²) in [5.41, 5.74) is 0. The van der Waals surface area contributed by atoms with Crippen molar-refractivity contribution < 1.29 is 0 Å². The van der Waals surface area contributed by atoms with Crippen molar-refractivity contribution >= 4 is 129 Å². The zero-order chi connectivity index (χ0) is 31.0. The van der Waals surface area contributed by atoms with Crippen LogP contribution in [-0.2, 0) is 0 Å². The Labute approximate surface area is 292 Å². The van der Waals surface area contributed by atoms with Crippen LogP contribution in [0, 0.1) is 97.1 Å². The largest absolute Gasteiger partial charge is 0.134 e. The number of hydrogen-bond donors (Lipinski definition) is 0. The Kier molecular flexibility index (Phi) is 9.07.